The van der Waals surface area contributed by atoms with Crippen LogP contribution in [0, 0.1) is 5.41 Å². The van der Waals surface area contributed by atoms with Crippen molar-refractivity contribution in [1.82, 2.24) is 20.6 Å². The van der Waals surface area contributed by atoms with E-state index in [1.54, 1.807) is 12.1 Å². The molecule has 0 fully saturated rings. The molecule has 2 rings (SSSR count). The lowest BCUT2D eigenvalue weighted by atomic mass is 10.1. The molecule has 13 heteroatoms. The van der Waals surface area contributed by atoms with Crippen molar-refractivity contribution in [2.45, 2.75) is 25.3 Å². The predicted octanol–water partition coefficient (Wildman–Crippen LogP) is 0.362. The molecule has 10 N–H and O–H groups in total. The molecule has 1 amide bonds. The molecule has 1 aromatic carbocycles. The third-order valence-corrected chi connectivity index (χ3v) is 4.50. The van der Waals surface area contributed by atoms with Gasteiger partial charge in [-0.25, -0.2) is 9.97 Å². The van der Waals surface area contributed by atoms with Crippen LogP contribution in [0.3, 0.4) is 0 Å². The number of aliphatic carboxylic acids is 1. The molecule has 0 bridgehead atoms. The smallest absolute Gasteiger partial charge is 0.324 e. The molecular weight excluding hydrogens is 440 g/mol. The normalized spacial score (nSPS) is 11.4. The summed E-state index contributed by atoms with van der Waals surface area (Å²) in [6.07, 6.45) is 2.39. The Kier molecular flexibility index (Phi) is 8.98. The van der Waals surface area contributed by atoms with Crippen molar-refractivity contribution in [2.75, 3.05) is 24.6 Å². The average molecular weight is 465 g/mol. The number of ether oxygens (including phenoxy) is 1. The summed E-state index contributed by atoms with van der Waals surface area (Å²) < 4.78 is 5.33. The summed E-state index contributed by atoms with van der Waals surface area (Å²) in [4.78, 5) is 30.3. The number of benzene rings is 1. The number of aromatic nitrogens is 2. The Morgan fingerprint density at radius 3 is 2.50 bits per heavy atom. The van der Waals surface area contributed by atoms with Crippen molar-refractivity contribution in [3.8, 4) is 5.75 Å². The van der Waals surface area contributed by atoms with E-state index in [-0.39, 0.29) is 35.0 Å². The molecule has 0 saturated heterocycles. The molecule has 12 nitrogen and oxygen atoms in total. The van der Waals surface area contributed by atoms with Gasteiger partial charge in [0.1, 0.15) is 18.4 Å². The minimum Gasteiger partial charge on any atom is -0.491 e. The monoisotopic (exact) mass is 464 g/mol. The van der Waals surface area contributed by atoms with Crippen LogP contribution >= 0.6 is 11.6 Å². The standard InChI is InChI=1S/C19H25ClN8O4/c20-14-16(23)27-15(22)13(26-14)17(29)28-19(24)25-8-2-1-3-10-4-6-11(7-5-10)32-9-12(21)18(30)31/h4-7,12H,1-3,8-9,21H2,(H,30,31)(H4,22,23,27)(H3,24,25,28,29). The number of nitrogens with zero attached hydrogens (tertiary/aromatic N) is 2. The first-order valence-corrected chi connectivity index (χ1v) is 9.97. The number of nitrogens with two attached hydrogens (primary N) is 3. The lowest BCUT2D eigenvalue weighted by molar-refractivity contribution is -0.139. The number of unbranched alkanes of at least 4 members (excludes halogenated alkanes) is 1. The van der Waals surface area contributed by atoms with Crippen molar-refractivity contribution >= 4 is 41.1 Å². The molecule has 2 aromatic rings. The summed E-state index contributed by atoms with van der Waals surface area (Å²) in [7, 11) is 0. The molecule has 0 spiro atoms. The Bertz CT molecular complexity index is 971. The molecule has 0 radical (unpaired) electrons. The molecule has 0 saturated carbocycles. The fraction of sp³-hybridized carbons (Fsp3) is 0.316. The lowest BCUT2D eigenvalue weighted by Crippen LogP contribution is -2.41. The van der Waals surface area contributed by atoms with Crippen molar-refractivity contribution in [3.05, 3.63) is 40.7 Å². The highest BCUT2D eigenvalue weighted by Crippen LogP contribution is 2.17. The molecule has 0 aliphatic rings. The number of aryl methyl sites for hydroxylation is 1. The van der Waals surface area contributed by atoms with Crippen molar-refractivity contribution in [2.24, 2.45) is 5.73 Å². The number of halogens is 1. The van der Waals surface area contributed by atoms with Crippen LogP contribution in [0.25, 0.3) is 0 Å². The van der Waals surface area contributed by atoms with Crippen LogP contribution in [-0.4, -0.2) is 52.1 Å². The van der Waals surface area contributed by atoms with Gasteiger partial charge in [0.05, 0.1) is 0 Å². The molecule has 0 aliphatic heterocycles. The van der Waals surface area contributed by atoms with E-state index in [9.17, 15) is 9.59 Å². The molecule has 172 valence electrons. The topological polar surface area (TPSA) is 215 Å². The van der Waals surface area contributed by atoms with Gasteiger partial charge in [-0.15, -0.1) is 0 Å². The summed E-state index contributed by atoms with van der Waals surface area (Å²) in [5, 5.41) is 21.5. The average Bonchev–Trinajstić information content (AvgIpc) is 2.74. The number of nitrogen functional groups attached to an aromatic ring is 2. The quantitative estimate of drug-likeness (QED) is 0.145. The van der Waals surface area contributed by atoms with Crippen LogP contribution in [0.4, 0.5) is 11.6 Å². The molecular formula is C19H25ClN8O4. The number of carbonyl (C=O) groups is 2. The number of carboxylic acids is 1. The number of carboxylic acid groups (broad SMARTS) is 1. The van der Waals surface area contributed by atoms with Crippen LogP contribution < -0.4 is 32.6 Å². The van der Waals surface area contributed by atoms with E-state index in [1.807, 2.05) is 12.1 Å². The van der Waals surface area contributed by atoms with Crippen LogP contribution in [0.5, 0.6) is 5.75 Å². The highest BCUT2D eigenvalue weighted by Gasteiger charge is 2.17. The van der Waals surface area contributed by atoms with Gasteiger partial charge < -0.3 is 32.4 Å². The largest absolute Gasteiger partial charge is 0.491 e. The Labute approximate surface area is 189 Å². The van der Waals surface area contributed by atoms with E-state index < -0.39 is 17.9 Å². The van der Waals surface area contributed by atoms with Gasteiger partial charge in [-0.1, -0.05) is 23.7 Å². The summed E-state index contributed by atoms with van der Waals surface area (Å²) >= 11 is 5.75. The van der Waals surface area contributed by atoms with Gasteiger partial charge in [0.2, 0.25) is 0 Å². The summed E-state index contributed by atoms with van der Waals surface area (Å²) in [5.74, 6) is -1.76. The van der Waals surface area contributed by atoms with Gasteiger partial charge >= 0.3 is 5.97 Å². The van der Waals surface area contributed by atoms with E-state index in [1.165, 1.54) is 0 Å². The second-order valence-electron chi connectivity index (χ2n) is 6.75. The second-order valence-corrected chi connectivity index (χ2v) is 7.10. The maximum absolute atomic E-state index is 12.1. The molecule has 1 aromatic heterocycles. The first-order chi connectivity index (χ1) is 15.2. The summed E-state index contributed by atoms with van der Waals surface area (Å²) in [6.45, 7) is 0.365. The summed E-state index contributed by atoms with van der Waals surface area (Å²) in [5.41, 5.74) is 17.3. The summed E-state index contributed by atoms with van der Waals surface area (Å²) in [6, 6.07) is 6.22. The Morgan fingerprint density at radius 2 is 1.84 bits per heavy atom. The Balaban J connectivity index is 1.67. The first-order valence-electron chi connectivity index (χ1n) is 9.59. The lowest BCUT2D eigenvalue weighted by Gasteiger charge is -2.11. The SMILES string of the molecule is N=C(NCCCCc1ccc(OCC(N)C(=O)O)cc1)NC(=O)c1nc(Cl)c(N)nc1N. The van der Waals surface area contributed by atoms with Gasteiger partial charge in [0, 0.05) is 6.54 Å². The Hall–Kier alpha value is -3.64. The van der Waals surface area contributed by atoms with Gasteiger partial charge in [0.15, 0.2) is 28.4 Å². The fourth-order valence-electron chi connectivity index (χ4n) is 2.50. The molecule has 1 heterocycles. The van der Waals surface area contributed by atoms with E-state index in [2.05, 4.69) is 20.6 Å². The van der Waals surface area contributed by atoms with Crippen LogP contribution in [0.1, 0.15) is 28.9 Å². The third kappa shape index (κ3) is 7.56. The zero-order chi connectivity index (χ0) is 23.7. The highest BCUT2D eigenvalue weighted by molar-refractivity contribution is 6.31. The van der Waals surface area contributed by atoms with Gasteiger partial charge in [-0.05, 0) is 37.0 Å². The van der Waals surface area contributed by atoms with E-state index >= 15 is 0 Å². The van der Waals surface area contributed by atoms with Gasteiger partial charge in [0.25, 0.3) is 5.91 Å². The van der Waals surface area contributed by atoms with Gasteiger partial charge in [-0.2, -0.15) is 0 Å². The number of anilines is 2. The first kappa shape index (κ1) is 24.6. The minimum atomic E-state index is -1.12. The number of hydrogen-bond acceptors (Lipinski definition) is 9. The highest BCUT2D eigenvalue weighted by atomic mass is 35.5. The zero-order valence-corrected chi connectivity index (χ0v) is 17.9. The number of amides is 1. The number of hydrogen-bond donors (Lipinski definition) is 7. The second kappa shape index (κ2) is 11.7. The molecule has 32 heavy (non-hydrogen) atoms. The third-order valence-electron chi connectivity index (χ3n) is 4.22. The van der Waals surface area contributed by atoms with E-state index in [4.69, 9.17) is 44.1 Å². The van der Waals surface area contributed by atoms with Crippen molar-refractivity contribution < 1.29 is 19.4 Å². The maximum Gasteiger partial charge on any atom is 0.324 e. The van der Waals surface area contributed by atoms with Crippen LogP contribution in [-0.2, 0) is 11.2 Å². The maximum atomic E-state index is 12.1. The van der Waals surface area contributed by atoms with Crippen LogP contribution in [0.15, 0.2) is 24.3 Å². The number of nitrogens with one attached hydrogen (secondary N) is 3. The van der Waals surface area contributed by atoms with E-state index in [0.29, 0.717) is 12.3 Å². The van der Waals surface area contributed by atoms with Crippen LogP contribution in [0.2, 0.25) is 5.15 Å². The minimum absolute atomic E-state index is 0.0848. The molecule has 1 atom stereocenters. The van der Waals surface area contributed by atoms with E-state index in [0.717, 1.165) is 24.8 Å². The van der Waals surface area contributed by atoms with Crippen molar-refractivity contribution in [1.29, 1.82) is 5.41 Å². The number of guanidine groups is 1. The number of rotatable bonds is 10. The fourth-order valence-corrected chi connectivity index (χ4v) is 2.63. The zero-order valence-electron chi connectivity index (χ0n) is 17.1. The van der Waals surface area contributed by atoms with Crippen molar-refractivity contribution in [3.63, 3.8) is 0 Å². The number of carbonyl (C=O) groups excluding carboxylic acids is 1. The molecule has 0 aliphatic carbocycles. The predicted molar refractivity (Wildman–Crippen MR) is 120 cm³/mol. The Morgan fingerprint density at radius 1 is 1.16 bits per heavy atom. The molecule has 1 unspecified atom stereocenters. The van der Waals surface area contributed by atoms with Gasteiger partial charge in [-0.3, -0.25) is 20.3 Å².